The molecule has 8 aliphatic rings. The van der Waals surface area contributed by atoms with Crippen LogP contribution in [0, 0.1) is 24.2 Å². The average molecular weight is 1410 g/mol. The van der Waals surface area contributed by atoms with Gasteiger partial charge in [0.05, 0.1) is 0 Å². The zero-order valence-corrected chi connectivity index (χ0v) is 55.8. The van der Waals surface area contributed by atoms with Crippen LogP contribution in [0.25, 0.3) is 0 Å². The summed E-state index contributed by atoms with van der Waals surface area (Å²) in [5, 5.41) is 43.5. The van der Waals surface area contributed by atoms with Gasteiger partial charge in [-0.1, -0.05) is 58.5 Å². The monoisotopic (exact) mass is 1410 g/mol. The van der Waals surface area contributed by atoms with E-state index in [1.54, 1.807) is 34.1 Å². The van der Waals surface area contributed by atoms with Gasteiger partial charge < -0.3 is 40.0 Å². The van der Waals surface area contributed by atoms with Crippen molar-refractivity contribution < 1.29 is 82.8 Å². The number of rotatable bonds is 18. The zero-order valence-electron chi connectivity index (χ0n) is 54.2. The molecule has 0 radical (unpaired) electrons. The maximum atomic E-state index is 12.6. The van der Waals surface area contributed by atoms with Gasteiger partial charge in [-0.05, 0) is 159 Å². The molecule has 4 aromatic rings. The minimum Gasteiger partial charge on any atom is -0.481 e. The second-order valence-corrected chi connectivity index (χ2v) is 25.5. The van der Waals surface area contributed by atoms with Crippen molar-refractivity contribution >= 4 is 92.8 Å². The number of unbranched alkanes of at least 4 members (excludes halogenated alkanes) is 5. The van der Waals surface area contributed by atoms with Crippen molar-refractivity contribution in [1.82, 2.24) is 40.9 Å². The second-order valence-electron chi connectivity index (χ2n) is 24.6. The molecule has 4 fully saturated rings. The fourth-order valence-corrected chi connectivity index (χ4v) is 12.9. The fraction of sp³-hybridized carbons (Fsp3) is 0.431. The normalized spacial score (nSPS) is 19.6. The number of nitrogens with one attached hydrogen (secondary N) is 4. The number of aliphatic hydroxyl groups excluding tert-OH is 3. The molecule has 0 saturated carbocycles. The predicted octanol–water partition coefficient (Wildman–Crippen LogP) is 4.57. The van der Waals surface area contributed by atoms with E-state index in [-0.39, 0.29) is 111 Å². The Labute approximate surface area is 574 Å². The number of aliphatic hydroxyl groups is 3. The lowest BCUT2D eigenvalue weighted by Crippen LogP contribution is -2.52. The summed E-state index contributed by atoms with van der Waals surface area (Å²) in [6.07, 6.45) is 16.1. The number of aryl methyl sites for hydroxylation is 2. The molecule has 8 aliphatic heterocycles. The van der Waals surface area contributed by atoms with Crippen molar-refractivity contribution in [2.45, 2.75) is 179 Å². The van der Waals surface area contributed by atoms with Gasteiger partial charge in [0, 0.05) is 123 Å². The van der Waals surface area contributed by atoms with Gasteiger partial charge in [-0.3, -0.25) is 83.6 Å². The van der Waals surface area contributed by atoms with Gasteiger partial charge in [0.15, 0.2) is 0 Å². The summed E-state index contributed by atoms with van der Waals surface area (Å²) in [6.45, 7) is 2.11. The number of terminal acetylenes is 1. The molecule has 0 spiro atoms. The summed E-state index contributed by atoms with van der Waals surface area (Å²) >= 11 is 3.37. The van der Waals surface area contributed by atoms with E-state index in [1.165, 1.54) is 15.4 Å². The molecule has 98 heavy (non-hydrogen) atoms. The number of benzene rings is 4. The first-order valence-electron chi connectivity index (χ1n) is 32.8. The summed E-state index contributed by atoms with van der Waals surface area (Å²) in [5.41, 5.74) is 9.08. The van der Waals surface area contributed by atoms with Crippen molar-refractivity contribution in [2.75, 3.05) is 19.8 Å². The lowest BCUT2D eigenvalue weighted by atomic mass is 10.0. The molecular weight excluding hydrogens is 1330 g/mol. The number of amides is 12. The summed E-state index contributed by atoms with van der Waals surface area (Å²) < 4.78 is 0.907. The van der Waals surface area contributed by atoms with Gasteiger partial charge in [-0.15, -0.1) is 12.3 Å². The first-order valence-corrected chi connectivity index (χ1v) is 33.6. The van der Waals surface area contributed by atoms with E-state index in [4.69, 9.17) is 26.8 Å². The van der Waals surface area contributed by atoms with Crippen LogP contribution in [0.3, 0.4) is 0 Å². The van der Waals surface area contributed by atoms with Gasteiger partial charge in [0.1, 0.15) is 24.2 Å². The quantitative estimate of drug-likeness (QED) is 0.0384. The van der Waals surface area contributed by atoms with Gasteiger partial charge in [-0.25, -0.2) is 0 Å². The number of carboxylic acid groups (broad SMARTS) is 1. The number of imide groups is 4. The van der Waals surface area contributed by atoms with Crippen LogP contribution in [0.15, 0.2) is 77.3 Å². The van der Waals surface area contributed by atoms with E-state index in [2.05, 4.69) is 55.0 Å². The molecule has 0 aromatic heterocycles. The lowest BCUT2D eigenvalue weighted by Gasteiger charge is -2.29. The van der Waals surface area contributed by atoms with Crippen LogP contribution in [0.5, 0.6) is 0 Å². The van der Waals surface area contributed by atoms with E-state index >= 15 is 0 Å². The van der Waals surface area contributed by atoms with Crippen molar-refractivity contribution in [2.24, 2.45) is 0 Å². The van der Waals surface area contributed by atoms with Gasteiger partial charge in [-0.2, -0.15) is 0 Å². The molecule has 8 N–H and O–H groups in total. The highest BCUT2D eigenvalue weighted by Gasteiger charge is 2.43. The first kappa shape index (κ1) is 74.1. The maximum absolute atomic E-state index is 12.6. The number of carbonyl (C=O) groups is 13. The summed E-state index contributed by atoms with van der Waals surface area (Å²) in [5.74, 6) is 4.28. The number of hydrogen-bond acceptors (Lipinski definition) is 16. The van der Waals surface area contributed by atoms with Crippen LogP contribution < -0.4 is 21.3 Å². The Bertz CT molecular complexity index is 3890. The highest BCUT2D eigenvalue weighted by atomic mass is 79.9. The first-order chi connectivity index (χ1) is 47.1. The molecule has 516 valence electrons. The van der Waals surface area contributed by atoms with Crippen LogP contribution in [0.2, 0.25) is 0 Å². The smallest absolute Gasteiger partial charge is 0.303 e. The zero-order chi connectivity index (χ0) is 70.6. The number of piperidine rings is 4. The van der Waals surface area contributed by atoms with Crippen molar-refractivity contribution in [3.05, 3.63) is 138 Å². The van der Waals surface area contributed by atoms with Crippen LogP contribution in [-0.2, 0) is 82.2 Å². The molecule has 12 amide bonds. The molecule has 26 heteroatoms. The van der Waals surface area contributed by atoms with E-state index in [9.17, 15) is 62.3 Å². The topological polar surface area (TPSA) is 364 Å². The molecule has 0 bridgehead atoms. The number of hydrogen-bond donors (Lipinski definition) is 8. The molecule has 12 rings (SSSR count). The van der Waals surface area contributed by atoms with Gasteiger partial charge in [0.25, 0.3) is 23.6 Å². The molecule has 4 saturated heterocycles. The molecule has 8 heterocycles. The van der Waals surface area contributed by atoms with E-state index < -0.39 is 42.0 Å². The average Bonchev–Trinajstić information content (AvgIpc) is 1.70. The summed E-state index contributed by atoms with van der Waals surface area (Å²) in [6, 6.07) is 20.0. The summed E-state index contributed by atoms with van der Waals surface area (Å²) in [7, 11) is 0. The van der Waals surface area contributed by atoms with Crippen LogP contribution in [-0.4, -0.2) is 161 Å². The SMILES string of the molecule is C#CCCCO.O=C(O)CCCCc1ccc2c(c1)CN(C1CCC(=O)NC1=O)C2=O.O=C1CCC(N2Cc3cc(Br)ccc3C2=O)C(=O)N1.O=C1CCC(N2Cc3cc(C#CCCCO)ccc3C2=O)C(=O)N1.O=C1CCC(N2Cc3cc(CCCCCO)ccc3C2=O)C(=O)N1. The van der Waals surface area contributed by atoms with Crippen molar-refractivity contribution in [3.8, 4) is 24.2 Å². The molecule has 4 aromatic carbocycles. The number of nitrogens with zero attached hydrogens (tertiary/aromatic N) is 4. The third-order valence-corrected chi connectivity index (χ3v) is 18.1. The highest BCUT2D eigenvalue weighted by Crippen LogP contribution is 2.33. The number of halogens is 1. The van der Waals surface area contributed by atoms with E-state index in [0.29, 0.717) is 99.8 Å². The van der Waals surface area contributed by atoms with Crippen LogP contribution >= 0.6 is 15.9 Å². The molecule has 4 atom stereocenters. The number of aliphatic carboxylic acids is 1. The fourth-order valence-electron chi connectivity index (χ4n) is 12.5. The molecule has 4 unspecified atom stereocenters. The summed E-state index contributed by atoms with van der Waals surface area (Å²) in [4.78, 5) is 159. The van der Waals surface area contributed by atoms with Crippen molar-refractivity contribution in [1.29, 1.82) is 0 Å². The Hall–Kier alpha value is -9.73. The Kier molecular flexibility index (Phi) is 26.8. The van der Waals surface area contributed by atoms with Gasteiger partial charge in [0.2, 0.25) is 47.3 Å². The Morgan fingerprint density at radius 2 is 0.806 bits per heavy atom. The maximum Gasteiger partial charge on any atom is 0.303 e. The second kappa shape index (κ2) is 35.5. The van der Waals surface area contributed by atoms with Gasteiger partial charge >= 0.3 is 5.97 Å². The number of fused-ring (bicyclic) bond motifs is 4. The third kappa shape index (κ3) is 19.3. The minimum atomic E-state index is -0.792. The Morgan fingerprint density at radius 3 is 1.17 bits per heavy atom. The Balaban J connectivity index is 0.000000162. The lowest BCUT2D eigenvalue weighted by molar-refractivity contribution is -0.138. The Morgan fingerprint density at radius 1 is 0.449 bits per heavy atom. The molecule has 25 nitrogen and oxygen atoms in total. The molecule has 0 aliphatic carbocycles. The van der Waals surface area contributed by atoms with Crippen molar-refractivity contribution in [3.63, 3.8) is 0 Å². The van der Waals surface area contributed by atoms with E-state index in [1.807, 2.05) is 48.5 Å². The number of carbonyl (C=O) groups excluding carboxylic acids is 12. The van der Waals surface area contributed by atoms with E-state index in [0.717, 1.165) is 82.8 Å². The standard InChI is InChI=1S/C18H20N2O5.C18H22N2O4.C18H18N2O4.C13H11BrN2O3.C5H8O/c21-15-8-7-14(17(24)19-15)20-10-12-9-11(3-1-2-4-16(22)23)5-6-13(12)18(20)25;2*21-9-3-1-2-4-12-5-6-14-13(10-12)11-20(18(14)24)15-7-8-16(22)19-17(15)23;14-8-1-2-9-7(5-8)6-16(13(9)19)10-3-4-11(17)15-12(10)18;1-2-3-4-5-6/h5-6,9,14H,1-4,7-8,10H2,(H,22,23)(H,19,21,24);5-6,10,15,21H,1-4,7-9,11H2,(H,19,22,23);5-6,10,15,21H,1,3,7-9,11H2,(H,19,22,23);1-2,5,10H,3-4,6H2,(H,15,17,18);1,6H,3-5H2. The highest BCUT2D eigenvalue weighted by molar-refractivity contribution is 9.10. The predicted molar refractivity (Wildman–Crippen MR) is 356 cm³/mol. The third-order valence-electron chi connectivity index (χ3n) is 17.6. The van der Waals surface area contributed by atoms with Crippen LogP contribution in [0.4, 0.5) is 0 Å². The number of carboxylic acids is 1. The largest absolute Gasteiger partial charge is 0.481 e. The van der Waals surface area contributed by atoms with Crippen LogP contribution in [0.1, 0.15) is 196 Å². The minimum absolute atomic E-state index is 0.119. The molecular formula is C72H79BrN8O17.